The van der Waals surface area contributed by atoms with Crippen LogP contribution in [-0.4, -0.2) is 12.2 Å². The van der Waals surface area contributed by atoms with Crippen LogP contribution in [0.15, 0.2) is 36.4 Å². The highest BCUT2D eigenvalue weighted by atomic mass is 35.5. The average molecular weight is 315 g/mol. The van der Waals surface area contributed by atoms with Crippen molar-refractivity contribution in [1.29, 1.82) is 0 Å². The maximum Gasteiger partial charge on any atom is 0.165 e. The smallest absolute Gasteiger partial charge is 0.165 e. The lowest BCUT2D eigenvalue weighted by Crippen LogP contribution is -2.02. The fourth-order valence-electron chi connectivity index (χ4n) is 1.95. The number of halogens is 3. The summed E-state index contributed by atoms with van der Waals surface area (Å²) in [6, 6.07) is 9.44. The SMILES string of the molecule is COc1ccc(CC(O)c2cc(Cl)cc(Cl)c2)cc1F. The summed E-state index contributed by atoms with van der Waals surface area (Å²) in [5.41, 5.74) is 1.26. The van der Waals surface area contributed by atoms with Crippen LogP contribution in [0.25, 0.3) is 0 Å². The Morgan fingerprint density at radius 2 is 1.80 bits per heavy atom. The fourth-order valence-corrected chi connectivity index (χ4v) is 2.49. The molecule has 1 atom stereocenters. The predicted octanol–water partition coefficient (Wildman–Crippen LogP) is 4.42. The molecule has 0 aliphatic carbocycles. The average Bonchev–Trinajstić information content (AvgIpc) is 2.37. The number of benzene rings is 2. The first-order valence-corrected chi connectivity index (χ1v) is 6.71. The van der Waals surface area contributed by atoms with Crippen molar-refractivity contribution in [2.75, 3.05) is 7.11 Å². The lowest BCUT2D eigenvalue weighted by molar-refractivity contribution is 0.178. The van der Waals surface area contributed by atoms with E-state index in [2.05, 4.69) is 0 Å². The molecular weight excluding hydrogens is 302 g/mol. The van der Waals surface area contributed by atoms with Crippen molar-refractivity contribution in [2.45, 2.75) is 12.5 Å². The van der Waals surface area contributed by atoms with E-state index in [0.29, 0.717) is 21.2 Å². The molecule has 0 bridgehead atoms. The molecule has 0 spiro atoms. The summed E-state index contributed by atoms with van der Waals surface area (Å²) in [6.07, 6.45) is -0.545. The van der Waals surface area contributed by atoms with Gasteiger partial charge < -0.3 is 9.84 Å². The van der Waals surface area contributed by atoms with Crippen molar-refractivity contribution in [1.82, 2.24) is 0 Å². The van der Waals surface area contributed by atoms with Gasteiger partial charge in [-0.3, -0.25) is 0 Å². The summed E-state index contributed by atoms with van der Waals surface area (Å²) in [7, 11) is 1.40. The summed E-state index contributed by atoms with van der Waals surface area (Å²) < 4.78 is 18.4. The van der Waals surface area contributed by atoms with Gasteiger partial charge in [-0.1, -0.05) is 29.3 Å². The second-order valence-corrected chi connectivity index (χ2v) is 5.26. The zero-order valence-electron chi connectivity index (χ0n) is 10.7. The Hall–Kier alpha value is -1.29. The maximum atomic E-state index is 13.6. The van der Waals surface area contributed by atoms with Gasteiger partial charge in [0.25, 0.3) is 0 Å². The van der Waals surface area contributed by atoms with Gasteiger partial charge in [-0.05, 0) is 41.5 Å². The Morgan fingerprint density at radius 3 is 2.35 bits per heavy atom. The highest BCUT2D eigenvalue weighted by Crippen LogP contribution is 2.27. The van der Waals surface area contributed by atoms with E-state index in [-0.39, 0.29) is 12.2 Å². The van der Waals surface area contributed by atoms with Crippen molar-refractivity contribution in [3.8, 4) is 5.75 Å². The zero-order chi connectivity index (χ0) is 14.7. The molecule has 0 amide bonds. The molecule has 0 heterocycles. The number of hydrogen-bond donors (Lipinski definition) is 1. The lowest BCUT2D eigenvalue weighted by atomic mass is 10.0. The molecule has 20 heavy (non-hydrogen) atoms. The van der Waals surface area contributed by atoms with Gasteiger partial charge in [0.1, 0.15) is 0 Å². The summed E-state index contributed by atoms with van der Waals surface area (Å²) in [6.45, 7) is 0. The van der Waals surface area contributed by atoms with Gasteiger partial charge in [-0.15, -0.1) is 0 Å². The minimum atomic E-state index is -0.806. The Balaban J connectivity index is 2.18. The lowest BCUT2D eigenvalue weighted by Gasteiger charge is -2.13. The standard InChI is InChI=1S/C15H13Cl2FO2/c1-20-15-3-2-9(4-13(15)18)5-14(19)10-6-11(16)8-12(17)7-10/h2-4,6-8,14,19H,5H2,1H3. The largest absolute Gasteiger partial charge is 0.494 e. The van der Waals surface area contributed by atoms with Crippen LogP contribution in [0, 0.1) is 5.82 Å². The van der Waals surface area contributed by atoms with E-state index in [0.717, 1.165) is 0 Å². The Kier molecular flexibility index (Phi) is 4.86. The van der Waals surface area contributed by atoms with Gasteiger partial charge in [0.05, 0.1) is 13.2 Å². The van der Waals surface area contributed by atoms with E-state index in [1.165, 1.54) is 19.2 Å². The molecule has 1 unspecified atom stereocenters. The number of rotatable bonds is 4. The van der Waals surface area contributed by atoms with E-state index < -0.39 is 11.9 Å². The predicted molar refractivity (Wildman–Crippen MR) is 78.1 cm³/mol. The Bertz CT molecular complexity index is 597. The highest BCUT2D eigenvalue weighted by molar-refractivity contribution is 6.34. The van der Waals surface area contributed by atoms with Crippen LogP contribution in [-0.2, 0) is 6.42 Å². The molecule has 5 heteroatoms. The van der Waals surface area contributed by atoms with Gasteiger partial charge in [-0.2, -0.15) is 0 Å². The molecule has 0 aromatic heterocycles. The first-order valence-electron chi connectivity index (χ1n) is 5.96. The van der Waals surface area contributed by atoms with Crippen molar-refractivity contribution >= 4 is 23.2 Å². The number of aliphatic hydroxyl groups is 1. The zero-order valence-corrected chi connectivity index (χ0v) is 12.2. The summed E-state index contributed by atoms with van der Waals surface area (Å²) in [5.74, 6) is -0.282. The second kappa shape index (κ2) is 6.44. The highest BCUT2D eigenvalue weighted by Gasteiger charge is 2.12. The molecule has 0 saturated carbocycles. The third-order valence-corrected chi connectivity index (χ3v) is 3.35. The topological polar surface area (TPSA) is 29.5 Å². The van der Waals surface area contributed by atoms with E-state index in [4.69, 9.17) is 27.9 Å². The van der Waals surface area contributed by atoms with E-state index in [1.54, 1.807) is 24.3 Å². The molecule has 0 radical (unpaired) electrons. The molecule has 106 valence electrons. The van der Waals surface area contributed by atoms with E-state index in [1.807, 2.05) is 0 Å². The quantitative estimate of drug-likeness (QED) is 0.905. The summed E-state index contributed by atoms with van der Waals surface area (Å²) in [5, 5.41) is 11.1. The van der Waals surface area contributed by atoms with Gasteiger partial charge >= 0.3 is 0 Å². The molecule has 0 aliphatic rings. The van der Waals surface area contributed by atoms with Crippen LogP contribution in [0.4, 0.5) is 4.39 Å². The van der Waals surface area contributed by atoms with Gasteiger partial charge in [0, 0.05) is 16.5 Å². The van der Waals surface area contributed by atoms with E-state index in [9.17, 15) is 9.50 Å². The molecule has 0 fully saturated rings. The van der Waals surface area contributed by atoms with Crippen molar-refractivity contribution < 1.29 is 14.2 Å². The maximum absolute atomic E-state index is 13.6. The van der Waals surface area contributed by atoms with Crippen LogP contribution < -0.4 is 4.74 Å². The van der Waals surface area contributed by atoms with Crippen molar-refractivity contribution in [3.63, 3.8) is 0 Å². The minimum Gasteiger partial charge on any atom is -0.494 e. The normalized spacial score (nSPS) is 12.2. The number of methoxy groups -OCH3 is 1. The molecule has 2 rings (SSSR count). The summed E-state index contributed by atoms with van der Waals surface area (Å²) in [4.78, 5) is 0. The molecule has 0 aliphatic heterocycles. The first kappa shape index (κ1) is 15.1. The van der Waals surface area contributed by atoms with Gasteiger partial charge in [0.15, 0.2) is 11.6 Å². The Labute approximate surface area is 126 Å². The molecule has 2 aromatic carbocycles. The van der Waals surface area contributed by atoms with Crippen LogP contribution in [0.3, 0.4) is 0 Å². The monoisotopic (exact) mass is 314 g/mol. The Morgan fingerprint density at radius 1 is 1.15 bits per heavy atom. The molecular formula is C15H13Cl2FO2. The number of ether oxygens (including phenoxy) is 1. The van der Waals surface area contributed by atoms with Crippen molar-refractivity contribution in [2.24, 2.45) is 0 Å². The molecule has 0 saturated heterocycles. The van der Waals surface area contributed by atoms with E-state index >= 15 is 0 Å². The number of aliphatic hydroxyl groups excluding tert-OH is 1. The fraction of sp³-hybridized carbons (Fsp3) is 0.200. The van der Waals surface area contributed by atoms with Crippen molar-refractivity contribution in [3.05, 3.63) is 63.4 Å². The van der Waals surface area contributed by atoms with Gasteiger partial charge in [-0.25, -0.2) is 4.39 Å². The van der Waals surface area contributed by atoms with Gasteiger partial charge in [0.2, 0.25) is 0 Å². The van der Waals surface area contributed by atoms with Crippen LogP contribution in [0.1, 0.15) is 17.2 Å². The molecule has 1 N–H and O–H groups in total. The summed E-state index contributed by atoms with van der Waals surface area (Å²) >= 11 is 11.8. The third-order valence-electron chi connectivity index (χ3n) is 2.91. The number of hydrogen-bond acceptors (Lipinski definition) is 2. The second-order valence-electron chi connectivity index (χ2n) is 4.39. The third kappa shape index (κ3) is 3.63. The minimum absolute atomic E-state index is 0.175. The molecule has 2 nitrogen and oxygen atoms in total. The van der Waals surface area contributed by atoms with Crippen LogP contribution >= 0.6 is 23.2 Å². The molecule has 2 aromatic rings. The first-order chi connectivity index (χ1) is 9.49. The van der Waals surface area contributed by atoms with Crippen LogP contribution in [0.2, 0.25) is 10.0 Å². The van der Waals surface area contributed by atoms with Crippen LogP contribution in [0.5, 0.6) is 5.75 Å².